The molecule has 3 heterocycles. The van der Waals surface area contributed by atoms with Gasteiger partial charge in [-0.15, -0.1) is 33.1 Å². The predicted octanol–water partition coefficient (Wildman–Crippen LogP) is 6.38. The Bertz CT molecular complexity index is 1230. The largest absolute Gasteiger partial charge is 0.444 e. The molecule has 186 valence electrons. The standard InChI is InChI=1S/C26H32ClN5O2S/c1-16-17(2)35-23(29-16)18-8-10-26(27,11-9-18)20-6-7-21-19(12-20)13-31(24(33)34-25(3,4)5)14-22-30-28-15-32(21)22/h6-7,12,15,18H,8-11,13-14H2,1-5H3. The van der Waals surface area contributed by atoms with Crippen molar-refractivity contribution in [2.75, 3.05) is 0 Å². The lowest BCUT2D eigenvalue weighted by atomic mass is 9.77. The minimum atomic E-state index is -0.574. The van der Waals surface area contributed by atoms with Crippen molar-refractivity contribution in [1.82, 2.24) is 24.6 Å². The van der Waals surface area contributed by atoms with Crippen LogP contribution in [0.1, 0.15) is 84.9 Å². The number of carbonyl (C=O) groups is 1. The third-order valence-corrected chi connectivity index (χ3v) is 8.82. The number of amides is 1. The molecular weight excluding hydrogens is 482 g/mol. The average molecular weight is 514 g/mol. The van der Waals surface area contributed by atoms with E-state index in [0.717, 1.165) is 48.2 Å². The van der Waals surface area contributed by atoms with Gasteiger partial charge in [0.05, 0.1) is 34.4 Å². The van der Waals surface area contributed by atoms with Gasteiger partial charge < -0.3 is 4.74 Å². The molecule has 0 bridgehead atoms. The Morgan fingerprint density at radius 2 is 1.94 bits per heavy atom. The van der Waals surface area contributed by atoms with Gasteiger partial charge in [0.15, 0.2) is 5.82 Å². The van der Waals surface area contributed by atoms with Crippen molar-refractivity contribution in [3.63, 3.8) is 0 Å². The molecule has 3 aromatic rings. The van der Waals surface area contributed by atoms with Crippen LogP contribution in [0.4, 0.5) is 4.79 Å². The number of hydrogen-bond donors (Lipinski definition) is 0. The van der Waals surface area contributed by atoms with E-state index in [2.05, 4.69) is 42.2 Å². The second-order valence-corrected chi connectivity index (χ2v) is 12.7. The van der Waals surface area contributed by atoms with Crippen LogP contribution in [-0.2, 0) is 22.7 Å². The minimum Gasteiger partial charge on any atom is -0.444 e. The second kappa shape index (κ2) is 8.89. The molecule has 2 aliphatic rings. The first kappa shape index (κ1) is 24.3. The Balaban J connectivity index is 1.41. The summed E-state index contributed by atoms with van der Waals surface area (Å²) in [7, 11) is 0. The van der Waals surface area contributed by atoms with Crippen molar-refractivity contribution in [2.24, 2.45) is 0 Å². The summed E-state index contributed by atoms with van der Waals surface area (Å²) in [4.78, 5) is 20.3. The Morgan fingerprint density at radius 3 is 2.60 bits per heavy atom. The number of thiazole rings is 1. The van der Waals surface area contributed by atoms with Crippen LogP contribution in [-0.4, -0.2) is 36.3 Å². The van der Waals surface area contributed by atoms with E-state index < -0.39 is 10.5 Å². The van der Waals surface area contributed by atoms with Crippen molar-refractivity contribution in [3.8, 4) is 5.69 Å². The van der Waals surface area contributed by atoms with Gasteiger partial charge in [0.2, 0.25) is 0 Å². The van der Waals surface area contributed by atoms with Crippen LogP contribution in [0.25, 0.3) is 5.69 Å². The third-order valence-electron chi connectivity index (χ3n) is 6.99. The number of hydrogen-bond acceptors (Lipinski definition) is 6. The van der Waals surface area contributed by atoms with Crippen molar-refractivity contribution in [3.05, 3.63) is 57.1 Å². The van der Waals surface area contributed by atoms with Gasteiger partial charge in [-0.1, -0.05) is 12.1 Å². The first-order chi connectivity index (χ1) is 16.5. The maximum atomic E-state index is 13.0. The van der Waals surface area contributed by atoms with E-state index in [1.807, 2.05) is 36.7 Å². The Kier molecular flexibility index (Phi) is 6.16. The number of benzene rings is 1. The number of aromatic nitrogens is 4. The molecule has 1 saturated carbocycles. The molecule has 2 aromatic heterocycles. The van der Waals surface area contributed by atoms with Crippen molar-refractivity contribution >= 4 is 29.0 Å². The number of fused-ring (bicyclic) bond motifs is 3. The fourth-order valence-electron chi connectivity index (χ4n) is 4.96. The van der Waals surface area contributed by atoms with Crippen LogP contribution in [0.15, 0.2) is 24.5 Å². The van der Waals surface area contributed by atoms with Gasteiger partial charge in [-0.2, -0.15) is 0 Å². The quantitative estimate of drug-likeness (QED) is 0.371. The van der Waals surface area contributed by atoms with Crippen LogP contribution >= 0.6 is 22.9 Å². The molecule has 0 atom stereocenters. The fraction of sp³-hybridized carbons (Fsp3) is 0.538. The molecule has 9 heteroatoms. The maximum absolute atomic E-state index is 13.0. The smallest absolute Gasteiger partial charge is 0.411 e. The van der Waals surface area contributed by atoms with E-state index in [-0.39, 0.29) is 6.09 Å². The van der Waals surface area contributed by atoms with E-state index in [4.69, 9.17) is 21.3 Å². The van der Waals surface area contributed by atoms with Crippen molar-refractivity contribution < 1.29 is 9.53 Å². The zero-order chi connectivity index (χ0) is 25.0. The molecular formula is C26H32ClN5O2S. The maximum Gasteiger partial charge on any atom is 0.411 e. The van der Waals surface area contributed by atoms with Crippen LogP contribution in [0.5, 0.6) is 0 Å². The summed E-state index contributed by atoms with van der Waals surface area (Å²) in [6, 6.07) is 6.36. The average Bonchev–Trinajstić information content (AvgIpc) is 3.34. The Hall–Kier alpha value is -2.45. The number of carbonyl (C=O) groups excluding carboxylic acids is 1. The topological polar surface area (TPSA) is 73.1 Å². The number of halogens is 1. The predicted molar refractivity (Wildman–Crippen MR) is 137 cm³/mol. The molecule has 0 N–H and O–H groups in total. The number of ether oxygens (including phenoxy) is 1. The number of rotatable bonds is 2. The van der Waals surface area contributed by atoms with Gasteiger partial charge in [-0.05, 0) is 77.5 Å². The molecule has 0 unspecified atom stereocenters. The van der Waals surface area contributed by atoms with Gasteiger partial charge in [0.25, 0.3) is 0 Å². The van der Waals surface area contributed by atoms with E-state index in [9.17, 15) is 4.79 Å². The van der Waals surface area contributed by atoms with Crippen molar-refractivity contribution in [1.29, 1.82) is 0 Å². The lowest BCUT2D eigenvalue weighted by Gasteiger charge is -2.35. The lowest BCUT2D eigenvalue weighted by molar-refractivity contribution is 0.0214. The molecule has 35 heavy (non-hydrogen) atoms. The SMILES string of the molecule is Cc1nc(C2CCC(Cl)(c3ccc4c(c3)CN(C(=O)OC(C)(C)C)Cc3nncn3-4)CC2)sc1C. The normalized spacial score (nSPS) is 22.3. The summed E-state index contributed by atoms with van der Waals surface area (Å²) in [5.41, 5.74) is 3.65. The number of alkyl halides is 1. The molecule has 7 nitrogen and oxygen atoms in total. The van der Waals surface area contributed by atoms with Crippen LogP contribution in [0, 0.1) is 13.8 Å². The molecule has 0 saturated heterocycles. The molecule has 5 rings (SSSR count). The third kappa shape index (κ3) is 4.83. The van der Waals surface area contributed by atoms with Crippen LogP contribution in [0.2, 0.25) is 0 Å². The zero-order valence-electron chi connectivity index (χ0n) is 21.0. The highest BCUT2D eigenvalue weighted by molar-refractivity contribution is 7.11. The van der Waals surface area contributed by atoms with E-state index >= 15 is 0 Å². The van der Waals surface area contributed by atoms with Gasteiger partial charge in [-0.25, -0.2) is 9.78 Å². The summed E-state index contributed by atoms with van der Waals surface area (Å²) < 4.78 is 7.62. The van der Waals surface area contributed by atoms with Gasteiger partial charge in [-0.3, -0.25) is 9.47 Å². The molecule has 0 spiro atoms. The Morgan fingerprint density at radius 1 is 1.20 bits per heavy atom. The molecule has 1 aliphatic heterocycles. The highest BCUT2D eigenvalue weighted by Crippen LogP contribution is 2.49. The van der Waals surface area contributed by atoms with Gasteiger partial charge in [0.1, 0.15) is 11.9 Å². The van der Waals surface area contributed by atoms with Crippen LogP contribution in [0.3, 0.4) is 0 Å². The molecule has 1 fully saturated rings. The van der Waals surface area contributed by atoms with E-state index in [1.165, 1.54) is 9.88 Å². The summed E-state index contributed by atoms with van der Waals surface area (Å²) in [6.45, 7) is 10.6. The zero-order valence-corrected chi connectivity index (χ0v) is 22.5. The number of nitrogens with zero attached hydrogens (tertiary/aromatic N) is 5. The first-order valence-electron chi connectivity index (χ1n) is 12.2. The van der Waals surface area contributed by atoms with E-state index in [1.54, 1.807) is 11.2 Å². The van der Waals surface area contributed by atoms with Gasteiger partial charge in [0, 0.05) is 10.8 Å². The second-order valence-electron chi connectivity index (χ2n) is 10.7. The highest BCUT2D eigenvalue weighted by Gasteiger charge is 2.37. The molecule has 1 amide bonds. The monoisotopic (exact) mass is 513 g/mol. The highest BCUT2D eigenvalue weighted by atomic mass is 35.5. The lowest BCUT2D eigenvalue weighted by Crippen LogP contribution is -2.36. The summed E-state index contributed by atoms with van der Waals surface area (Å²) in [5.74, 6) is 1.18. The fourth-order valence-corrected chi connectivity index (χ4v) is 6.39. The number of aryl methyl sites for hydroxylation is 2. The van der Waals surface area contributed by atoms with Crippen molar-refractivity contribution in [2.45, 2.75) is 89.8 Å². The van der Waals surface area contributed by atoms with Crippen LogP contribution < -0.4 is 0 Å². The minimum absolute atomic E-state index is 0.333. The molecule has 0 radical (unpaired) electrons. The molecule has 1 aromatic carbocycles. The Labute approximate surface area is 215 Å². The van der Waals surface area contributed by atoms with Gasteiger partial charge >= 0.3 is 6.09 Å². The summed E-state index contributed by atoms with van der Waals surface area (Å²) in [6.07, 6.45) is 5.17. The first-order valence-corrected chi connectivity index (χ1v) is 13.4. The summed E-state index contributed by atoms with van der Waals surface area (Å²) >= 11 is 9.11. The van der Waals surface area contributed by atoms with E-state index in [0.29, 0.717) is 24.8 Å². The molecule has 1 aliphatic carbocycles. The summed E-state index contributed by atoms with van der Waals surface area (Å²) in [5, 5.41) is 9.58.